The zero-order valence-electron chi connectivity index (χ0n) is 11.3. The van der Waals surface area contributed by atoms with Crippen molar-refractivity contribution < 1.29 is 14.6 Å². The van der Waals surface area contributed by atoms with Gasteiger partial charge in [0.25, 0.3) is 0 Å². The van der Waals surface area contributed by atoms with Gasteiger partial charge in [-0.3, -0.25) is 4.79 Å². The molecule has 0 bridgehead atoms. The second kappa shape index (κ2) is 7.62. The minimum atomic E-state index is 0.0374. The van der Waals surface area contributed by atoms with Gasteiger partial charge in [-0.15, -0.1) is 0 Å². The number of aliphatic hydroxyl groups is 1. The number of hydrogen-bond acceptors (Lipinski definition) is 3. The Bertz CT molecular complexity index is 452. The van der Waals surface area contributed by atoms with Gasteiger partial charge in [-0.05, 0) is 36.5 Å². The van der Waals surface area contributed by atoms with Crippen LogP contribution in [0.25, 0.3) is 0 Å². The van der Waals surface area contributed by atoms with Crippen LogP contribution in [0, 0.1) is 5.92 Å². The van der Waals surface area contributed by atoms with Gasteiger partial charge in [0.1, 0.15) is 0 Å². The first kappa shape index (κ1) is 15.3. The molecule has 1 saturated carbocycles. The first-order chi connectivity index (χ1) is 9.72. The number of carbonyl (C=O) groups is 1. The smallest absolute Gasteiger partial charge is 0.223 e. The Balaban J connectivity index is 1.66. The summed E-state index contributed by atoms with van der Waals surface area (Å²) in [6, 6.07) is 7.72. The van der Waals surface area contributed by atoms with E-state index in [0.717, 1.165) is 23.4 Å². The maximum Gasteiger partial charge on any atom is 0.223 e. The maximum absolute atomic E-state index is 11.9. The van der Waals surface area contributed by atoms with Gasteiger partial charge in [-0.1, -0.05) is 23.7 Å². The summed E-state index contributed by atoms with van der Waals surface area (Å²) < 4.78 is 5.13. The summed E-state index contributed by atoms with van der Waals surface area (Å²) in [4.78, 5) is 11.9. The van der Waals surface area contributed by atoms with Gasteiger partial charge in [0.05, 0.1) is 13.2 Å². The zero-order valence-corrected chi connectivity index (χ0v) is 12.1. The highest BCUT2D eigenvalue weighted by Crippen LogP contribution is 2.47. The topological polar surface area (TPSA) is 58.6 Å². The van der Waals surface area contributed by atoms with E-state index < -0.39 is 0 Å². The van der Waals surface area contributed by atoms with Crippen molar-refractivity contribution in [3.05, 3.63) is 34.9 Å². The standard InChI is InChI=1S/C15H20ClNO3/c16-12-4-1-3-11(9-12)13-10-14(13)15(19)17-5-2-7-20-8-6-18/h1,3-4,9,13-14,18H,2,5-8,10H2,(H,17,19). The van der Waals surface area contributed by atoms with E-state index in [0.29, 0.717) is 25.7 Å². The highest BCUT2D eigenvalue weighted by molar-refractivity contribution is 6.30. The lowest BCUT2D eigenvalue weighted by molar-refractivity contribution is -0.122. The van der Waals surface area contributed by atoms with Crippen LogP contribution in [0.3, 0.4) is 0 Å². The van der Waals surface area contributed by atoms with Crippen LogP contribution in [0.5, 0.6) is 0 Å². The SMILES string of the molecule is O=C(NCCCOCCO)C1CC1c1cccc(Cl)c1. The van der Waals surface area contributed by atoms with Gasteiger partial charge in [-0.25, -0.2) is 0 Å². The van der Waals surface area contributed by atoms with Crippen molar-refractivity contribution >= 4 is 17.5 Å². The number of aliphatic hydroxyl groups excluding tert-OH is 1. The summed E-state index contributed by atoms with van der Waals surface area (Å²) >= 11 is 5.96. The lowest BCUT2D eigenvalue weighted by atomic mass is 10.1. The largest absolute Gasteiger partial charge is 0.394 e. The summed E-state index contributed by atoms with van der Waals surface area (Å²) in [5.74, 6) is 0.489. The van der Waals surface area contributed by atoms with Gasteiger partial charge < -0.3 is 15.2 Å². The molecule has 0 heterocycles. The van der Waals surface area contributed by atoms with Crippen molar-refractivity contribution in [1.82, 2.24) is 5.32 Å². The predicted molar refractivity (Wildman–Crippen MR) is 77.8 cm³/mol. The minimum absolute atomic E-state index is 0.0374. The molecule has 1 aliphatic carbocycles. The molecular formula is C15H20ClNO3. The summed E-state index contributed by atoms with van der Waals surface area (Å²) in [5, 5.41) is 12.2. The van der Waals surface area contributed by atoms with Gasteiger partial charge >= 0.3 is 0 Å². The number of halogens is 1. The Morgan fingerprint density at radius 2 is 2.30 bits per heavy atom. The first-order valence-electron chi connectivity index (χ1n) is 6.94. The highest BCUT2D eigenvalue weighted by Gasteiger charge is 2.43. The fraction of sp³-hybridized carbons (Fsp3) is 0.533. The van der Waals surface area contributed by atoms with Crippen LogP contribution in [0.2, 0.25) is 5.02 Å². The Kier molecular flexibility index (Phi) is 5.83. The summed E-state index contributed by atoms with van der Waals surface area (Å²) in [6.07, 6.45) is 1.66. The normalized spacial score (nSPS) is 20.7. The molecule has 1 aliphatic rings. The molecule has 0 saturated heterocycles. The van der Waals surface area contributed by atoms with E-state index in [1.54, 1.807) is 0 Å². The summed E-state index contributed by atoms with van der Waals surface area (Å²) in [6.45, 7) is 1.56. The van der Waals surface area contributed by atoms with Crippen LogP contribution in [-0.4, -0.2) is 37.4 Å². The molecule has 1 aromatic carbocycles. The molecule has 2 rings (SSSR count). The number of amides is 1. The quantitative estimate of drug-likeness (QED) is 0.721. The van der Waals surface area contributed by atoms with Crippen LogP contribution in [0.4, 0.5) is 0 Å². The molecule has 110 valence electrons. The van der Waals surface area contributed by atoms with Crippen LogP contribution in [-0.2, 0) is 9.53 Å². The van der Waals surface area contributed by atoms with Crippen LogP contribution < -0.4 is 5.32 Å². The average Bonchev–Trinajstić information content (AvgIpc) is 3.23. The lowest BCUT2D eigenvalue weighted by Gasteiger charge is -2.05. The zero-order chi connectivity index (χ0) is 14.4. The summed E-state index contributed by atoms with van der Waals surface area (Å²) in [5.41, 5.74) is 1.14. The molecule has 1 amide bonds. The first-order valence-corrected chi connectivity index (χ1v) is 7.32. The van der Waals surface area contributed by atoms with E-state index >= 15 is 0 Å². The third kappa shape index (κ3) is 4.47. The molecule has 0 aromatic heterocycles. The monoisotopic (exact) mass is 297 g/mol. The minimum Gasteiger partial charge on any atom is -0.394 e. The van der Waals surface area contributed by atoms with Crippen molar-refractivity contribution in [1.29, 1.82) is 0 Å². The Hall–Kier alpha value is -1.10. The third-order valence-electron chi connectivity index (χ3n) is 3.40. The van der Waals surface area contributed by atoms with Crippen LogP contribution in [0.15, 0.2) is 24.3 Å². The maximum atomic E-state index is 11.9. The number of rotatable bonds is 8. The van der Waals surface area contributed by atoms with E-state index in [2.05, 4.69) is 5.32 Å². The van der Waals surface area contributed by atoms with Crippen molar-refractivity contribution in [3.8, 4) is 0 Å². The van der Waals surface area contributed by atoms with Crippen molar-refractivity contribution in [2.24, 2.45) is 5.92 Å². The Morgan fingerprint density at radius 3 is 3.05 bits per heavy atom. The fourth-order valence-electron chi connectivity index (χ4n) is 2.27. The fourth-order valence-corrected chi connectivity index (χ4v) is 2.47. The molecule has 20 heavy (non-hydrogen) atoms. The van der Waals surface area contributed by atoms with E-state index in [4.69, 9.17) is 21.4 Å². The van der Waals surface area contributed by atoms with E-state index in [1.165, 1.54) is 0 Å². The molecule has 0 radical (unpaired) electrons. The predicted octanol–water partition coefficient (Wildman–Crippen LogP) is 1.96. The van der Waals surface area contributed by atoms with Gasteiger partial charge in [-0.2, -0.15) is 0 Å². The molecule has 4 nitrogen and oxygen atoms in total. The van der Waals surface area contributed by atoms with E-state index in [9.17, 15) is 4.79 Å². The van der Waals surface area contributed by atoms with Gasteiger partial charge in [0, 0.05) is 24.1 Å². The van der Waals surface area contributed by atoms with Gasteiger partial charge in [0.15, 0.2) is 0 Å². The van der Waals surface area contributed by atoms with Crippen LogP contribution >= 0.6 is 11.6 Å². The van der Waals surface area contributed by atoms with Crippen LogP contribution in [0.1, 0.15) is 24.3 Å². The van der Waals surface area contributed by atoms with Crippen molar-refractivity contribution in [2.45, 2.75) is 18.8 Å². The molecule has 2 N–H and O–H groups in total. The number of ether oxygens (including phenoxy) is 1. The molecule has 5 heteroatoms. The van der Waals surface area contributed by atoms with Crippen molar-refractivity contribution in [3.63, 3.8) is 0 Å². The number of benzene rings is 1. The Morgan fingerprint density at radius 1 is 1.45 bits per heavy atom. The Labute approximate surface area is 124 Å². The third-order valence-corrected chi connectivity index (χ3v) is 3.64. The molecule has 2 unspecified atom stereocenters. The molecule has 2 atom stereocenters. The van der Waals surface area contributed by atoms with E-state index in [-0.39, 0.29) is 18.4 Å². The highest BCUT2D eigenvalue weighted by atomic mass is 35.5. The number of nitrogens with one attached hydrogen (secondary N) is 1. The molecule has 0 aliphatic heterocycles. The van der Waals surface area contributed by atoms with Gasteiger partial charge in [0.2, 0.25) is 5.91 Å². The molecule has 1 aromatic rings. The molecule has 0 spiro atoms. The second-order valence-corrected chi connectivity index (χ2v) is 5.42. The lowest BCUT2D eigenvalue weighted by Crippen LogP contribution is -2.27. The summed E-state index contributed by atoms with van der Waals surface area (Å²) in [7, 11) is 0. The molecule has 1 fully saturated rings. The number of carbonyl (C=O) groups excluding carboxylic acids is 1. The average molecular weight is 298 g/mol. The van der Waals surface area contributed by atoms with E-state index in [1.807, 2.05) is 24.3 Å². The second-order valence-electron chi connectivity index (χ2n) is 4.98. The van der Waals surface area contributed by atoms with Crippen molar-refractivity contribution in [2.75, 3.05) is 26.4 Å². The molecular weight excluding hydrogens is 278 g/mol. The number of hydrogen-bond donors (Lipinski definition) is 2.